The number of benzene rings is 1. The average Bonchev–Trinajstić information content (AvgIpc) is 3.31. The second-order valence-electron chi connectivity index (χ2n) is 9.68. The Kier molecular flexibility index (Phi) is 7.21. The van der Waals surface area contributed by atoms with Gasteiger partial charge < -0.3 is 15.2 Å². The topological polar surface area (TPSA) is 103 Å². The van der Waals surface area contributed by atoms with Gasteiger partial charge in [-0.25, -0.2) is 8.42 Å². The van der Waals surface area contributed by atoms with E-state index in [1.807, 2.05) is 0 Å². The third kappa shape index (κ3) is 5.47. The van der Waals surface area contributed by atoms with Crippen molar-refractivity contribution in [1.29, 1.82) is 0 Å². The molecule has 2 aliphatic rings. The van der Waals surface area contributed by atoms with E-state index in [0.29, 0.717) is 42.4 Å². The van der Waals surface area contributed by atoms with Gasteiger partial charge in [-0.15, -0.1) is 0 Å². The van der Waals surface area contributed by atoms with Crippen molar-refractivity contribution < 1.29 is 13.2 Å². The highest BCUT2D eigenvalue weighted by Gasteiger charge is 2.28. The van der Waals surface area contributed by atoms with Crippen LogP contribution in [0.1, 0.15) is 49.9 Å². The predicted molar refractivity (Wildman–Crippen MR) is 129 cm³/mol. The first-order chi connectivity index (χ1) is 15.7. The van der Waals surface area contributed by atoms with Crippen molar-refractivity contribution in [2.75, 3.05) is 39.3 Å². The van der Waals surface area contributed by atoms with Crippen LogP contribution < -0.4 is 10.9 Å². The highest BCUT2D eigenvalue weighted by molar-refractivity contribution is 7.89. The van der Waals surface area contributed by atoms with Crippen molar-refractivity contribution >= 4 is 26.8 Å². The number of aromatic nitrogens is 1. The molecule has 1 amide bonds. The molecule has 1 aromatic heterocycles. The monoisotopic (exact) mass is 474 g/mol. The molecule has 0 unspecified atom stereocenters. The minimum atomic E-state index is -3.62. The van der Waals surface area contributed by atoms with Gasteiger partial charge in [-0.1, -0.05) is 13.8 Å². The van der Waals surface area contributed by atoms with Gasteiger partial charge in [0, 0.05) is 49.7 Å². The van der Waals surface area contributed by atoms with Crippen LogP contribution in [0, 0.1) is 11.8 Å². The lowest BCUT2D eigenvalue weighted by molar-refractivity contribution is 0.0948. The molecule has 2 atom stereocenters. The highest BCUT2D eigenvalue weighted by Crippen LogP contribution is 2.25. The van der Waals surface area contributed by atoms with E-state index in [-0.39, 0.29) is 21.9 Å². The van der Waals surface area contributed by atoms with Gasteiger partial charge >= 0.3 is 0 Å². The van der Waals surface area contributed by atoms with Gasteiger partial charge in [0.25, 0.3) is 5.91 Å². The normalized spacial score (nSPS) is 22.6. The maximum absolute atomic E-state index is 13.0. The predicted octanol–water partition coefficient (Wildman–Crippen LogP) is 2.41. The Morgan fingerprint density at radius 2 is 1.82 bits per heavy atom. The molecule has 2 aromatic rings. The van der Waals surface area contributed by atoms with Gasteiger partial charge in [0.15, 0.2) is 0 Å². The van der Waals surface area contributed by atoms with E-state index in [0.717, 1.165) is 38.9 Å². The van der Waals surface area contributed by atoms with Crippen LogP contribution in [0.5, 0.6) is 0 Å². The third-order valence-corrected chi connectivity index (χ3v) is 8.54. The van der Waals surface area contributed by atoms with Crippen molar-refractivity contribution in [1.82, 2.24) is 19.5 Å². The number of pyridine rings is 1. The zero-order chi connectivity index (χ0) is 23.6. The van der Waals surface area contributed by atoms with Crippen molar-refractivity contribution in [2.24, 2.45) is 11.8 Å². The Balaban J connectivity index is 1.48. The van der Waals surface area contributed by atoms with Crippen LogP contribution in [0.4, 0.5) is 0 Å². The summed E-state index contributed by atoms with van der Waals surface area (Å²) in [5.74, 6) is 1.02. The quantitative estimate of drug-likeness (QED) is 0.600. The van der Waals surface area contributed by atoms with Crippen LogP contribution in [-0.2, 0) is 10.0 Å². The number of carbonyl (C=O) groups is 1. The molecule has 0 radical (unpaired) electrons. The summed E-state index contributed by atoms with van der Waals surface area (Å²) in [6, 6.07) is 5.81. The van der Waals surface area contributed by atoms with E-state index in [9.17, 15) is 18.0 Å². The van der Waals surface area contributed by atoms with Crippen LogP contribution in [0.2, 0.25) is 0 Å². The van der Waals surface area contributed by atoms with Gasteiger partial charge in [0.2, 0.25) is 15.6 Å². The molecule has 9 heteroatoms. The van der Waals surface area contributed by atoms with Crippen molar-refractivity contribution in [2.45, 2.75) is 44.4 Å². The average molecular weight is 475 g/mol. The van der Waals surface area contributed by atoms with E-state index in [1.165, 1.54) is 28.9 Å². The molecule has 2 saturated heterocycles. The summed E-state index contributed by atoms with van der Waals surface area (Å²) in [7, 11) is -3.62. The van der Waals surface area contributed by atoms with E-state index in [2.05, 4.69) is 29.0 Å². The second-order valence-corrected chi connectivity index (χ2v) is 11.6. The van der Waals surface area contributed by atoms with Gasteiger partial charge in [-0.3, -0.25) is 9.59 Å². The fraction of sp³-hybridized carbons (Fsp3) is 0.583. The Morgan fingerprint density at radius 1 is 1.12 bits per heavy atom. The van der Waals surface area contributed by atoms with Gasteiger partial charge in [-0.05, 0) is 62.3 Å². The fourth-order valence-corrected chi connectivity index (χ4v) is 6.78. The molecule has 2 fully saturated rings. The zero-order valence-corrected chi connectivity index (χ0v) is 20.3. The summed E-state index contributed by atoms with van der Waals surface area (Å²) < 4.78 is 27.4. The summed E-state index contributed by atoms with van der Waals surface area (Å²) in [6.45, 7) is 9.17. The van der Waals surface area contributed by atoms with Crippen molar-refractivity contribution in [3.8, 4) is 0 Å². The molecule has 2 N–H and O–H groups in total. The molecule has 180 valence electrons. The minimum Gasteiger partial charge on any atom is -0.352 e. The van der Waals surface area contributed by atoms with Gasteiger partial charge in [0.05, 0.1) is 10.5 Å². The molecule has 4 rings (SSSR count). The summed E-state index contributed by atoms with van der Waals surface area (Å²) in [4.78, 5) is 30.4. The number of carbonyl (C=O) groups excluding carboxylic acids is 1. The number of nitrogens with one attached hydrogen (secondary N) is 2. The first-order valence-electron chi connectivity index (χ1n) is 11.9. The first kappa shape index (κ1) is 23.9. The fourth-order valence-electron chi connectivity index (χ4n) is 5.23. The number of amides is 1. The summed E-state index contributed by atoms with van der Waals surface area (Å²) in [5, 5.41) is 3.35. The standard InChI is InChI=1S/C24H34N4O4S/c1-17-12-18(2)16-27(15-17)9-5-8-25-24(30)21-14-23(29)26-22-7-6-19(13-20(21)22)33(31,32)28-10-3-4-11-28/h6-7,13-14,17-18H,3-5,8-12,15-16H2,1-2H3,(H,25,30)(H,26,29)/t17-,18-/m1/s1. The minimum absolute atomic E-state index is 0.145. The number of likely N-dealkylation sites (tertiary alicyclic amines) is 1. The number of aromatic amines is 1. The Morgan fingerprint density at radius 3 is 2.52 bits per heavy atom. The van der Waals surface area contributed by atoms with Crippen molar-refractivity contribution in [3.05, 3.63) is 40.2 Å². The number of H-pyrrole nitrogens is 1. The lowest BCUT2D eigenvalue weighted by Gasteiger charge is -2.34. The van der Waals surface area contributed by atoms with E-state index in [4.69, 9.17) is 0 Å². The first-order valence-corrected chi connectivity index (χ1v) is 13.4. The lowest BCUT2D eigenvalue weighted by Crippen LogP contribution is -2.40. The largest absolute Gasteiger partial charge is 0.352 e. The van der Waals surface area contributed by atoms with E-state index < -0.39 is 10.0 Å². The molecule has 2 aliphatic heterocycles. The van der Waals surface area contributed by atoms with Crippen LogP contribution in [0.15, 0.2) is 34.0 Å². The molecule has 0 saturated carbocycles. The SMILES string of the molecule is C[C@@H]1C[C@@H](C)CN(CCCNC(=O)c2cc(=O)[nH]c3ccc(S(=O)(=O)N4CCCC4)cc23)C1. The molecule has 0 bridgehead atoms. The third-order valence-electron chi connectivity index (χ3n) is 6.64. The van der Waals surface area contributed by atoms with Crippen LogP contribution in [0.3, 0.4) is 0 Å². The number of hydrogen-bond acceptors (Lipinski definition) is 5. The number of rotatable bonds is 7. The molecule has 1 aromatic carbocycles. The van der Waals surface area contributed by atoms with Crippen molar-refractivity contribution in [3.63, 3.8) is 0 Å². The Hall–Kier alpha value is -2.23. The van der Waals surface area contributed by atoms with Crippen LogP contribution in [-0.4, -0.2) is 67.8 Å². The molecular weight excluding hydrogens is 440 g/mol. The Bertz CT molecular complexity index is 1160. The summed E-state index contributed by atoms with van der Waals surface area (Å²) in [6.07, 6.45) is 3.78. The molecule has 0 spiro atoms. The zero-order valence-electron chi connectivity index (χ0n) is 19.5. The maximum atomic E-state index is 13.0. The van der Waals surface area contributed by atoms with E-state index in [1.54, 1.807) is 6.07 Å². The second kappa shape index (κ2) is 9.95. The molecule has 33 heavy (non-hydrogen) atoms. The van der Waals surface area contributed by atoms with Crippen LogP contribution in [0.25, 0.3) is 10.9 Å². The van der Waals surface area contributed by atoms with Crippen LogP contribution >= 0.6 is 0 Å². The number of nitrogens with zero attached hydrogens (tertiary/aromatic N) is 2. The van der Waals surface area contributed by atoms with E-state index >= 15 is 0 Å². The summed E-state index contributed by atoms with van der Waals surface area (Å²) in [5.41, 5.74) is 0.260. The number of sulfonamides is 1. The van der Waals surface area contributed by atoms with Gasteiger partial charge in [0.1, 0.15) is 0 Å². The molecular formula is C24H34N4O4S. The number of fused-ring (bicyclic) bond motifs is 1. The molecule has 8 nitrogen and oxygen atoms in total. The highest BCUT2D eigenvalue weighted by atomic mass is 32.2. The lowest BCUT2D eigenvalue weighted by atomic mass is 9.92. The Labute approximate surface area is 195 Å². The van der Waals surface area contributed by atoms with Gasteiger partial charge in [-0.2, -0.15) is 4.31 Å². The smallest absolute Gasteiger partial charge is 0.252 e. The maximum Gasteiger partial charge on any atom is 0.252 e. The molecule has 0 aliphatic carbocycles. The number of hydrogen-bond donors (Lipinski definition) is 2. The summed E-state index contributed by atoms with van der Waals surface area (Å²) >= 11 is 0. The molecule has 3 heterocycles. The number of piperidine rings is 1.